The molecule has 1 aliphatic rings. The lowest BCUT2D eigenvalue weighted by atomic mass is 10.0. The van der Waals surface area contributed by atoms with Crippen molar-refractivity contribution >= 4 is 23.4 Å². The zero-order valence-corrected chi connectivity index (χ0v) is 25.2. The topological polar surface area (TPSA) is 81.7 Å². The average Bonchev–Trinajstić information content (AvgIpc) is 3.06. The van der Waals surface area contributed by atoms with Gasteiger partial charge in [0.2, 0.25) is 5.91 Å². The summed E-state index contributed by atoms with van der Waals surface area (Å²) in [5.74, 6) is 1.05. The summed E-state index contributed by atoms with van der Waals surface area (Å²) in [5.41, 5.74) is 6.03. The molecule has 1 saturated heterocycles. The second kappa shape index (κ2) is 14.0. The van der Waals surface area contributed by atoms with E-state index in [1.165, 1.54) is 5.56 Å². The van der Waals surface area contributed by atoms with Crippen LogP contribution < -0.4 is 10.2 Å². The summed E-state index contributed by atoms with van der Waals surface area (Å²) in [7, 11) is 0. The first-order chi connectivity index (χ1) is 20.9. The third-order valence-corrected chi connectivity index (χ3v) is 8.04. The van der Waals surface area contributed by atoms with E-state index in [0.29, 0.717) is 32.7 Å². The number of nitrogens with one attached hydrogen (secondary N) is 1. The molecule has 222 valence electrons. The van der Waals surface area contributed by atoms with Crippen molar-refractivity contribution in [2.24, 2.45) is 5.92 Å². The van der Waals surface area contributed by atoms with Crippen molar-refractivity contribution in [3.8, 4) is 22.4 Å². The fourth-order valence-corrected chi connectivity index (χ4v) is 5.12. The van der Waals surface area contributed by atoms with Gasteiger partial charge in [0.05, 0.1) is 5.69 Å². The van der Waals surface area contributed by atoms with Gasteiger partial charge in [0.1, 0.15) is 6.54 Å². The number of benzene rings is 3. The van der Waals surface area contributed by atoms with Crippen molar-refractivity contribution in [3.05, 3.63) is 96.6 Å². The summed E-state index contributed by atoms with van der Waals surface area (Å²) in [4.78, 5) is 32.1. The molecule has 1 aromatic heterocycles. The van der Waals surface area contributed by atoms with E-state index in [2.05, 4.69) is 70.7 Å². The van der Waals surface area contributed by atoms with Crippen LogP contribution in [-0.2, 0) is 4.79 Å². The molecule has 1 atom stereocenters. The fourth-order valence-electron chi connectivity index (χ4n) is 5.12. The molecular formula is C35H40N6O2. The molecule has 2 heterocycles. The molecule has 0 bridgehead atoms. The minimum Gasteiger partial charge on any atom is -0.352 e. The Bertz CT molecular complexity index is 1480. The van der Waals surface area contributed by atoms with Gasteiger partial charge in [0.15, 0.2) is 5.82 Å². The third kappa shape index (κ3) is 7.77. The molecule has 8 nitrogen and oxygen atoms in total. The van der Waals surface area contributed by atoms with Crippen molar-refractivity contribution in [2.75, 3.05) is 49.5 Å². The number of hydrogen-bond donors (Lipinski definition) is 1. The van der Waals surface area contributed by atoms with Crippen LogP contribution in [0.25, 0.3) is 22.4 Å². The number of nitrogens with zero attached hydrogens (tertiary/aromatic N) is 5. The molecule has 1 aliphatic heterocycles. The number of aromatic nitrogens is 2. The Balaban J connectivity index is 1.15. The van der Waals surface area contributed by atoms with Crippen molar-refractivity contribution in [3.63, 3.8) is 0 Å². The monoisotopic (exact) mass is 576 g/mol. The van der Waals surface area contributed by atoms with Crippen molar-refractivity contribution in [1.82, 2.24) is 20.0 Å². The molecule has 3 aromatic carbocycles. The van der Waals surface area contributed by atoms with Crippen LogP contribution in [0.2, 0.25) is 0 Å². The zero-order chi connectivity index (χ0) is 30.2. The first kappa shape index (κ1) is 29.8. The lowest BCUT2D eigenvalue weighted by Crippen LogP contribution is -2.52. The fraction of sp³-hybridized carbons (Fsp3) is 0.314. The highest BCUT2D eigenvalue weighted by Gasteiger charge is 2.26. The van der Waals surface area contributed by atoms with Gasteiger partial charge in [-0.2, -0.15) is 0 Å². The van der Waals surface area contributed by atoms with Crippen molar-refractivity contribution < 1.29 is 9.59 Å². The number of anilines is 2. The van der Waals surface area contributed by atoms with Crippen LogP contribution in [0, 0.1) is 12.8 Å². The molecule has 0 radical (unpaired) electrons. The largest absolute Gasteiger partial charge is 0.352 e. The Labute approximate surface area is 254 Å². The number of amides is 3. The Morgan fingerprint density at radius 2 is 1.47 bits per heavy atom. The van der Waals surface area contributed by atoms with E-state index < -0.39 is 0 Å². The molecule has 0 saturated carbocycles. The van der Waals surface area contributed by atoms with Gasteiger partial charge in [-0.05, 0) is 48.2 Å². The predicted octanol–water partition coefficient (Wildman–Crippen LogP) is 6.35. The highest BCUT2D eigenvalue weighted by molar-refractivity contribution is 5.92. The second-order valence-electron chi connectivity index (χ2n) is 11.3. The van der Waals surface area contributed by atoms with E-state index in [0.717, 1.165) is 40.3 Å². The molecule has 1 fully saturated rings. The zero-order valence-electron chi connectivity index (χ0n) is 25.2. The van der Waals surface area contributed by atoms with Crippen molar-refractivity contribution in [1.29, 1.82) is 0 Å². The average molecular weight is 577 g/mol. The van der Waals surface area contributed by atoms with Gasteiger partial charge >= 0.3 is 6.03 Å². The van der Waals surface area contributed by atoms with Gasteiger partial charge in [0, 0.05) is 44.0 Å². The maximum atomic E-state index is 13.3. The summed E-state index contributed by atoms with van der Waals surface area (Å²) in [6, 6.07) is 30.1. The van der Waals surface area contributed by atoms with E-state index in [-0.39, 0.29) is 24.4 Å². The van der Waals surface area contributed by atoms with E-state index in [4.69, 9.17) is 0 Å². The molecule has 4 aromatic rings. The standard InChI is InChI=1S/C35H40N6O2/c1-4-26(2)24-41(35(43)36-31-16-10-27(3)11-17-31)25-34(42)40-22-20-39(21-23-40)33-19-18-32(37-38-33)30-14-12-29(13-15-30)28-8-6-5-7-9-28/h5-19,26H,4,20-25H2,1-3H3,(H,36,43)/t26-/m0/s1. The molecule has 43 heavy (non-hydrogen) atoms. The van der Waals surface area contributed by atoms with E-state index in [1.807, 2.05) is 66.4 Å². The Morgan fingerprint density at radius 1 is 0.814 bits per heavy atom. The van der Waals surface area contributed by atoms with Gasteiger partial charge in [0.25, 0.3) is 0 Å². The lowest BCUT2D eigenvalue weighted by molar-refractivity contribution is -0.132. The smallest absolute Gasteiger partial charge is 0.322 e. The molecule has 3 amide bonds. The second-order valence-corrected chi connectivity index (χ2v) is 11.3. The van der Waals surface area contributed by atoms with Crippen LogP contribution in [0.1, 0.15) is 25.8 Å². The van der Waals surface area contributed by atoms with E-state index in [1.54, 1.807) is 4.90 Å². The summed E-state index contributed by atoms with van der Waals surface area (Å²) in [6.45, 7) is 9.24. The minimum atomic E-state index is -0.249. The predicted molar refractivity (Wildman–Crippen MR) is 173 cm³/mol. The normalized spacial score (nSPS) is 13.8. The Kier molecular flexibility index (Phi) is 9.66. The number of aryl methyl sites for hydroxylation is 1. The Morgan fingerprint density at radius 3 is 2.09 bits per heavy atom. The third-order valence-electron chi connectivity index (χ3n) is 8.04. The first-order valence-corrected chi connectivity index (χ1v) is 15.0. The molecule has 8 heteroatoms. The summed E-state index contributed by atoms with van der Waals surface area (Å²) >= 11 is 0. The number of hydrogen-bond acceptors (Lipinski definition) is 5. The minimum absolute atomic E-state index is 0.0395. The molecule has 0 spiro atoms. The highest BCUT2D eigenvalue weighted by Crippen LogP contribution is 2.24. The maximum absolute atomic E-state index is 13.3. The first-order valence-electron chi connectivity index (χ1n) is 15.0. The van der Waals surface area contributed by atoms with Crippen LogP contribution in [-0.4, -0.2) is 71.2 Å². The summed E-state index contributed by atoms with van der Waals surface area (Å²) in [5, 5.41) is 11.9. The van der Waals surface area contributed by atoms with Gasteiger partial charge in [-0.15, -0.1) is 10.2 Å². The van der Waals surface area contributed by atoms with Gasteiger partial charge in [-0.1, -0.05) is 92.6 Å². The molecule has 0 unspecified atom stereocenters. The van der Waals surface area contributed by atoms with E-state index >= 15 is 0 Å². The van der Waals surface area contributed by atoms with Crippen LogP contribution in [0.5, 0.6) is 0 Å². The summed E-state index contributed by atoms with van der Waals surface area (Å²) in [6.07, 6.45) is 0.931. The SMILES string of the molecule is CC[C@H](C)CN(CC(=O)N1CCN(c2ccc(-c3ccc(-c4ccccc4)cc3)nn2)CC1)C(=O)Nc1ccc(C)cc1. The van der Waals surface area contributed by atoms with Gasteiger partial charge in [-0.3, -0.25) is 4.79 Å². The van der Waals surface area contributed by atoms with Gasteiger partial charge < -0.3 is 20.0 Å². The molecule has 5 rings (SSSR count). The molecule has 0 aliphatic carbocycles. The van der Waals surface area contributed by atoms with E-state index in [9.17, 15) is 9.59 Å². The number of piperazine rings is 1. The lowest BCUT2D eigenvalue weighted by Gasteiger charge is -2.36. The summed E-state index contributed by atoms with van der Waals surface area (Å²) < 4.78 is 0. The van der Waals surface area contributed by atoms with Crippen LogP contribution >= 0.6 is 0 Å². The van der Waals surface area contributed by atoms with Crippen LogP contribution in [0.15, 0.2) is 91.0 Å². The van der Waals surface area contributed by atoms with Gasteiger partial charge in [-0.25, -0.2) is 4.79 Å². The molecule has 1 N–H and O–H groups in total. The van der Waals surface area contributed by atoms with Crippen molar-refractivity contribution in [2.45, 2.75) is 27.2 Å². The van der Waals surface area contributed by atoms with Crippen LogP contribution in [0.4, 0.5) is 16.3 Å². The van der Waals surface area contributed by atoms with Crippen LogP contribution in [0.3, 0.4) is 0 Å². The number of carbonyl (C=O) groups excluding carboxylic acids is 2. The number of urea groups is 1. The Hall–Kier alpha value is -4.72. The quantitative estimate of drug-likeness (QED) is 0.251. The molecular weight excluding hydrogens is 536 g/mol. The number of carbonyl (C=O) groups is 2. The highest BCUT2D eigenvalue weighted by atomic mass is 16.2. The number of rotatable bonds is 9. The maximum Gasteiger partial charge on any atom is 0.322 e.